The highest BCUT2D eigenvalue weighted by Crippen LogP contribution is 2.29. The van der Waals surface area contributed by atoms with Crippen molar-refractivity contribution in [3.63, 3.8) is 0 Å². The van der Waals surface area contributed by atoms with Gasteiger partial charge in [0.25, 0.3) is 0 Å². The molecule has 2 aromatic carbocycles. The Bertz CT molecular complexity index is 613. The van der Waals surface area contributed by atoms with Gasteiger partial charge in [-0.15, -0.1) is 0 Å². The lowest BCUT2D eigenvalue weighted by molar-refractivity contribution is 0.0596. The molecule has 5 heteroatoms. The molecule has 0 saturated carbocycles. The minimum atomic E-state index is -0.592. The van der Waals surface area contributed by atoms with Crippen molar-refractivity contribution in [1.82, 2.24) is 5.32 Å². The SMILES string of the molecule is COC(=O)c1cccc(OCCNCc2ccccc2)c1O. The summed E-state index contributed by atoms with van der Waals surface area (Å²) < 4.78 is 10.1. The summed E-state index contributed by atoms with van der Waals surface area (Å²) in [5.41, 5.74) is 1.29. The van der Waals surface area contributed by atoms with Gasteiger partial charge >= 0.3 is 5.97 Å². The van der Waals surface area contributed by atoms with Gasteiger partial charge in [-0.25, -0.2) is 4.79 Å². The van der Waals surface area contributed by atoms with Gasteiger partial charge in [0.05, 0.1) is 7.11 Å². The van der Waals surface area contributed by atoms with Crippen molar-refractivity contribution in [2.45, 2.75) is 6.54 Å². The smallest absolute Gasteiger partial charge is 0.341 e. The normalized spacial score (nSPS) is 10.2. The third-order valence-corrected chi connectivity index (χ3v) is 3.11. The van der Waals surface area contributed by atoms with Crippen LogP contribution in [0.25, 0.3) is 0 Å². The highest BCUT2D eigenvalue weighted by atomic mass is 16.5. The first-order chi connectivity index (χ1) is 10.7. The van der Waals surface area contributed by atoms with E-state index in [4.69, 9.17) is 4.74 Å². The van der Waals surface area contributed by atoms with Crippen molar-refractivity contribution < 1.29 is 19.4 Å². The van der Waals surface area contributed by atoms with Crippen LogP contribution in [0.3, 0.4) is 0 Å². The number of phenolic OH excluding ortho intramolecular Hbond substituents is 1. The molecule has 0 aliphatic rings. The number of benzene rings is 2. The van der Waals surface area contributed by atoms with Crippen LogP contribution < -0.4 is 10.1 Å². The number of carbonyl (C=O) groups excluding carboxylic acids is 1. The lowest BCUT2D eigenvalue weighted by Crippen LogP contribution is -2.20. The summed E-state index contributed by atoms with van der Waals surface area (Å²) in [7, 11) is 1.27. The van der Waals surface area contributed by atoms with Crippen LogP contribution in [0, 0.1) is 0 Å². The van der Waals surface area contributed by atoms with Crippen LogP contribution >= 0.6 is 0 Å². The topological polar surface area (TPSA) is 67.8 Å². The molecule has 0 atom stereocenters. The van der Waals surface area contributed by atoms with Gasteiger partial charge in [0.1, 0.15) is 12.2 Å². The number of esters is 1. The van der Waals surface area contributed by atoms with Crippen molar-refractivity contribution >= 4 is 5.97 Å². The molecular weight excluding hydrogens is 282 g/mol. The van der Waals surface area contributed by atoms with Crippen LogP contribution in [0.2, 0.25) is 0 Å². The molecule has 0 unspecified atom stereocenters. The van der Waals surface area contributed by atoms with E-state index in [9.17, 15) is 9.90 Å². The number of rotatable bonds is 7. The van der Waals surface area contributed by atoms with E-state index in [1.165, 1.54) is 18.7 Å². The van der Waals surface area contributed by atoms with E-state index < -0.39 is 5.97 Å². The second kappa shape index (κ2) is 8.05. The van der Waals surface area contributed by atoms with Gasteiger partial charge in [0, 0.05) is 13.1 Å². The van der Waals surface area contributed by atoms with Gasteiger partial charge in [0.15, 0.2) is 11.5 Å². The predicted octanol–water partition coefficient (Wildman–Crippen LogP) is 2.35. The summed E-state index contributed by atoms with van der Waals surface area (Å²) >= 11 is 0. The number of aromatic hydroxyl groups is 1. The molecule has 0 fully saturated rings. The molecule has 22 heavy (non-hydrogen) atoms. The van der Waals surface area contributed by atoms with Crippen molar-refractivity contribution in [1.29, 1.82) is 0 Å². The summed E-state index contributed by atoms with van der Waals surface area (Å²) in [5, 5.41) is 13.2. The molecule has 2 aromatic rings. The van der Waals surface area contributed by atoms with Crippen LogP contribution in [0.1, 0.15) is 15.9 Å². The highest BCUT2D eigenvalue weighted by Gasteiger charge is 2.15. The Morgan fingerprint density at radius 3 is 2.64 bits per heavy atom. The molecule has 0 bridgehead atoms. The summed E-state index contributed by atoms with van der Waals surface area (Å²) in [4.78, 5) is 11.5. The molecular formula is C17H19NO4. The average Bonchev–Trinajstić information content (AvgIpc) is 2.56. The van der Waals surface area contributed by atoms with Gasteiger partial charge in [-0.2, -0.15) is 0 Å². The number of hydrogen-bond acceptors (Lipinski definition) is 5. The van der Waals surface area contributed by atoms with Gasteiger partial charge in [-0.1, -0.05) is 36.4 Å². The molecule has 0 aromatic heterocycles. The average molecular weight is 301 g/mol. The molecule has 0 aliphatic carbocycles. The second-order valence-electron chi connectivity index (χ2n) is 4.65. The number of ether oxygens (including phenoxy) is 2. The summed E-state index contributed by atoms with van der Waals surface area (Å²) in [6.07, 6.45) is 0. The maximum absolute atomic E-state index is 11.5. The number of phenols is 1. The largest absolute Gasteiger partial charge is 0.504 e. The zero-order valence-corrected chi connectivity index (χ0v) is 12.4. The van der Waals surface area contributed by atoms with E-state index in [0.29, 0.717) is 13.2 Å². The monoisotopic (exact) mass is 301 g/mol. The molecule has 0 aliphatic heterocycles. The Balaban J connectivity index is 1.81. The number of para-hydroxylation sites is 1. The third-order valence-electron chi connectivity index (χ3n) is 3.11. The standard InChI is InChI=1S/C17H19NO4/c1-21-17(20)14-8-5-9-15(16(14)19)22-11-10-18-12-13-6-3-2-4-7-13/h2-9,18-19H,10-12H2,1H3. The summed E-state index contributed by atoms with van der Waals surface area (Å²) in [5.74, 6) is -0.521. The second-order valence-corrected chi connectivity index (χ2v) is 4.65. The van der Waals surface area contributed by atoms with Crippen molar-refractivity contribution in [3.8, 4) is 11.5 Å². The molecule has 5 nitrogen and oxygen atoms in total. The number of carbonyl (C=O) groups is 1. The fraction of sp³-hybridized carbons (Fsp3) is 0.235. The Morgan fingerprint density at radius 2 is 1.91 bits per heavy atom. The zero-order chi connectivity index (χ0) is 15.8. The van der Waals surface area contributed by atoms with Crippen LogP contribution in [0.5, 0.6) is 11.5 Å². The molecule has 0 amide bonds. The summed E-state index contributed by atoms with van der Waals surface area (Å²) in [6.45, 7) is 1.75. The van der Waals surface area contributed by atoms with Gasteiger partial charge in [-0.05, 0) is 17.7 Å². The van der Waals surface area contributed by atoms with E-state index in [1.807, 2.05) is 30.3 Å². The minimum Gasteiger partial charge on any atom is -0.504 e. The van der Waals surface area contributed by atoms with Crippen molar-refractivity contribution in [3.05, 3.63) is 59.7 Å². The molecule has 0 heterocycles. The first kappa shape index (κ1) is 15.9. The first-order valence-corrected chi connectivity index (χ1v) is 7.00. The Labute approximate surface area is 129 Å². The van der Waals surface area contributed by atoms with Crippen LogP contribution in [0.4, 0.5) is 0 Å². The van der Waals surface area contributed by atoms with E-state index in [-0.39, 0.29) is 17.1 Å². The van der Waals surface area contributed by atoms with E-state index in [1.54, 1.807) is 12.1 Å². The van der Waals surface area contributed by atoms with Gasteiger partial charge < -0.3 is 19.9 Å². The third kappa shape index (κ3) is 4.23. The number of methoxy groups -OCH3 is 1. The van der Waals surface area contributed by atoms with Crippen molar-refractivity contribution in [2.24, 2.45) is 0 Å². The van der Waals surface area contributed by atoms with Crippen LogP contribution in [0.15, 0.2) is 48.5 Å². The zero-order valence-electron chi connectivity index (χ0n) is 12.4. The van der Waals surface area contributed by atoms with Crippen LogP contribution in [-0.4, -0.2) is 31.3 Å². The van der Waals surface area contributed by atoms with E-state index in [0.717, 1.165) is 6.54 Å². The number of nitrogens with one attached hydrogen (secondary N) is 1. The maximum atomic E-state index is 11.5. The Kier molecular flexibility index (Phi) is 5.80. The molecule has 2 N–H and O–H groups in total. The fourth-order valence-electron chi connectivity index (χ4n) is 1.98. The van der Waals surface area contributed by atoms with E-state index in [2.05, 4.69) is 10.1 Å². The summed E-state index contributed by atoms with van der Waals surface area (Å²) in [6, 6.07) is 14.8. The van der Waals surface area contributed by atoms with Gasteiger partial charge in [-0.3, -0.25) is 0 Å². The molecule has 0 saturated heterocycles. The van der Waals surface area contributed by atoms with Crippen molar-refractivity contribution in [2.75, 3.05) is 20.3 Å². The van der Waals surface area contributed by atoms with Crippen LogP contribution in [-0.2, 0) is 11.3 Å². The molecule has 0 spiro atoms. The molecule has 2 rings (SSSR count). The van der Waals surface area contributed by atoms with E-state index >= 15 is 0 Å². The molecule has 116 valence electrons. The molecule has 0 radical (unpaired) electrons. The minimum absolute atomic E-state index is 0.0947. The van der Waals surface area contributed by atoms with Gasteiger partial charge in [0.2, 0.25) is 0 Å². The lowest BCUT2D eigenvalue weighted by atomic mass is 10.2. The predicted molar refractivity (Wildman–Crippen MR) is 83.1 cm³/mol. The fourth-order valence-corrected chi connectivity index (χ4v) is 1.98. The highest BCUT2D eigenvalue weighted by molar-refractivity contribution is 5.93. The number of hydrogen-bond donors (Lipinski definition) is 2. The first-order valence-electron chi connectivity index (χ1n) is 7.00. The quantitative estimate of drug-likeness (QED) is 0.607. The Morgan fingerprint density at radius 1 is 1.14 bits per heavy atom. The lowest BCUT2D eigenvalue weighted by Gasteiger charge is -2.11. The Hall–Kier alpha value is -2.53. The maximum Gasteiger partial charge on any atom is 0.341 e.